The van der Waals surface area contributed by atoms with Crippen molar-refractivity contribution in [2.24, 2.45) is 0 Å². The molecule has 0 spiro atoms. The highest BCUT2D eigenvalue weighted by Gasteiger charge is 2.52. The van der Waals surface area contributed by atoms with Crippen molar-refractivity contribution in [3.63, 3.8) is 0 Å². The van der Waals surface area contributed by atoms with Crippen LogP contribution in [0.2, 0.25) is 28.6 Å². The fraction of sp³-hybridized carbons (Fsp3) is 0.667. The molecule has 1 amide bonds. The van der Waals surface area contributed by atoms with E-state index >= 15 is 0 Å². The van der Waals surface area contributed by atoms with Crippen LogP contribution in [0.3, 0.4) is 0 Å². The van der Waals surface area contributed by atoms with E-state index in [1.165, 1.54) is 6.20 Å². The topological polar surface area (TPSA) is 80.7 Å². The van der Waals surface area contributed by atoms with Gasteiger partial charge in [0.25, 0.3) is 0 Å². The Labute approximate surface area is 222 Å². The van der Waals surface area contributed by atoms with Crippen molar-refractivity contribution in [1.29, 1.82) is 0 Å². The van der Waals surface area contributed by atoms with Crippen LogP contribution in [-0.2, 0) is 9.16 Å². The number of aromatic nitrogens is 3. The van der Waals surface area contributed by atoms with Crippen molar-refractivity contribution in [2.45, 2.75) is 89.9 Å². The molecule has 2 fully saturated rings. The van der Waals surface area contributed by atoms with Crippen LogP contribution in [0.25, 0.3) is 10.9 Å². The van der Waals surface area contributed by atoms with Crippen LogP contribution in [0.4, 0.5) is 15.0 Å². The molecular formula is C24H34Cl2FN5O3Si. The van der Waals surface area contributed by atoms with Crippen molar-refractivity contribution >= 4 is 54.3 Å². The number of nitrogens with zero attached hydrogens (tertiary/aromatic N) is 5. The Morgan fingerprint density at radius 1 is 1.17 bits per heavy atom. The molecule has 0 saturated carbocycles. The van der Waals surface area contributed by atoms with Gasteiger partial charge in [0.2, 0.25) is 5.28 Å². The summed E-state index contributed by atoms with van der Waals surface area (Å²) in [7, 11) is -1.94. The zero-order chi connectivity index (χ0) is 26.4. The van der Waals surface area contributed by atoms with E-state index in [1.54, 1.807) is 0 Å². The summed E-state index contributed by atoms with van der Waals surface area (Å²) < 4.78 is 27.4. The van der Waals surface area contributed by atoms with E-state index in [4.69, 9.17) is 32.4 Å². The van der Waals surface area contributed by atoms with Gasteiger partial charge in [-0.15, -0.1) is 0 Å². The highest BCUT2D eigenvalue weighted by molar-refractivity contribution is 6.73. The molecule has 2 aromatic rings. The number of carbonyl (C=O) groups excluding carboxylic acids is 1. The molecule has 4 rings (SSSR count). The Hall–Kier alpha value is -1.75. The van der Waals surface area contributed by atoms with Gasteiger partial charge >= 0.3 is 6.09 Å². The van der Waals surface area contributed by atoms with Gasteiger partial charge in [0, 0.05) is 19.3 Å². The minimum absolute atomic E-state index is 0.0223. The number of anilines is 1. The predicted octanol–water partition coefficient (Wildman–Crippen LogP) is 6.06. The van der Waals surface area contributed by atoms with Gasteiger partial charge in [-0.05, 0) is 56.9 Å². The third-order valence-corrected chi connectivity index (χ3v) is 12.5. The quantitative estimate of drug-likeness (QED) is 0.242. The number of amides is 1. The molecule has 4 heterocycles. The minimum Gasteiger partial charge on any atom is -0.444 e. The number of halogens is 3. The average molecular weight is 559 g/mol. The van der Waals surface area contributed by atoms with E-state index in [0.717, 1.165) is 18.1 Å². The zero-order valence-corrected chi connectivity index (χ0v) is 24.2. The molecule has 2 aliphatic heterocycles. The first-order valence-corrected chi connectivity index (χ1v) is 15.8. The maximum absolute atomic E-state index is 14.7. The Kier molecular flexibility index (Phi) is 7.72. The molecule has 12 heteroatoms. The third-order valence-electron chi connectivity index (χ3n) is 7.36. The van der Waals surface area contributed by atoms with Crippen molar-refractivity contribution < 1.29 is 18.3 Å². The van der Waals surface area contributed by atoms with Crippen LogP contribution in [0.1, 0.15) is 48.0 Å². The maximum atomic E-state index is 14.7. The van der Waals surface area contributed by atoms with Crippen LogP contribution in [0, 0.1) is 5.82 Å². The van der Waals surface area contributed by atoms with Gasteiger partial charge in [-0.1, -0.05) is 32.4 Å². The van der Waals surface area contributed by atoms with Gasteiger partial charge in [0.1, 0.15) is 16.9 Å². The summed E-state index contributed by atoms with van der Waals surface area (Å²) in [5.41, 5.74) is -0.591. The Bertz CT molecular complexity index is 1140. The standard InChI is InChI=1S/C24H34Cl2FN5O3Si/c1-7-36(8-2,9-3)35-17-10-14-12-31(13-16(17)32(14)23(33)34-24(4,5)6)21-15-11-28-20(25)18(27)19(15)29-22(26)30-21/h11,14,16-17H,7-10,12-13H2,1-6H3/t14-,16-,17-/m0/s1. The summed E-state index contributed by atoms with van der Waals surface area (Å²) >= 11 is 12.1. The normalized spacial score (nSPS) is 22.4. The lowest BCUT2D eigenvalue weighted by molar-refractivity contribution is 0.00687. The van der Waals surface area contributed by atoms with Crippen LogP contribution >= 0.6 is 23.2 Å². The second-order valence-electron chi connectivity index (χ2n) is 10.6. The number of hydrogen-bond donors (Lipinski definition) is 0. The number of piperazine rings is 1. The minimum atomic E-state index is -1.94. The van der Waals surface area contributed by atoms with Crippen LogP contribution in [-0.4, -0.2) is 71.1 Å². The molecule has 0 unspecified atom stereocenters. The molecule has 2 bridgehead atoms. The highest BCUT2D eigenvalue weighted by atomic mass is 35.5. The Morgan fingerprint density at radius 3 is 2.44 bits per heavy atom. The average Bonchev–Trinajstić information content (AvgIpc) is 3.04. The van der Waals surface area contributed by atoms with Gasteiger partial charge in [0.15, 0.2) is 19.3 Å². The predicted molar refractivity (Wildman–Crippen MR) is 142 cm³/mol. The number of carbonyl (C=O) groups is 1. The molecule has 198 valence electrons. The molecule has 0 aliphatic carbocycles. The number of ether oxygens (including phenoxy) is 1. The summed E-state index contributed by atoms with van der Waals surface area (Å²) in [5, 5.41) is 0.0672. The summed E-state index contributed by atoms with van der Waals surface area (Å²) in [6.45, 7) is 13.1. The van der Waals surface area contributed by atoms with Gasteiger partial charge in [-0.3, -0.25) is 4.90 Å². The maximum Gasteiger partial charge on any atom is 0.411 e. The fourth-order valence-corrected chi connectivity index (χ4v) is 8.56. The molecule has 0 aromatic carbocycles. The first kappa shape index (κ1) is 27.3. The molecular weight excluding hydrogens is 524 g/mol. The fourth-order valence-electron chi connectivity index (χ4n) is 5.37. The smallest absolute Gasteiger partial charge is 0.411 e. The van der Waals surface area contributed by atoms with E-state index in [2.05, 4.69) is 35.7 Å². The van der Waals surface area contributed by atoms with E-state index < -0.39 is 19.7 Å². The highest BCUT2D eigenvalue weighted by Crippen LogP contribution is 2.40. The van der Waals surface area contributed by atoms with E-state index in [-0.39, 0.29) is 40.2 Å². The second-order valence-corrected chi connectivity index (χ2v) is 16.0. The lowest BCUT2D eigenvalue weighted by Gasteiger charge is -2.43. The second kappa shape index (κ2) is 10.2. The Balaban J connectivity index is 1.72. The molecule has 2 saturated heterocycles. The monoisotopic (exact) mass is 557 g/mol. The summed E-state index contributed by atoms with van der Waals surface area (Å²) in [6, 6.07) is 2.64. The lowest BCUT2D eigenvalue weighted by Crippen LogP contribution is -2.59. The molecule has 2 aliphatic rings. The number of rotatable bonds is 6. The Morgan fingerprint density at radius 2 is 1.83 bits per heavy atom. The van der Waals surface area contributed by atoms with E-state index in [1.807, 2.05) is 30.6 Å². The number of fused-ring (bicyclic) bond motifs is 3. The molecule has 8 nitrogen and oxygen atoms in total. The number of hydrogen-bond acceptors (Lipinski definition) is 7. The van der Waals surface area contributed by atoms with E-state index in [9.17, 15) is 9.18 Å². The van der Waals surface area contributed by atoms with E-state index in [0.29, 0.717) is 30.7 Å². The zero-order valence-electron chi connectivity index (χ0n) is 21.6. The summed E-state index contributed by atoms with van der Waals surface area (Å²) in [5.74, 6) is -0.265. The largest absolute Gasteiger partial charge is 0.444 e. The summed E-state index contributed by atoms with van der Waals surface area (Å²) in [6.07, 6.45) is 1.70. The van der Waals surface area contributed by atoms with Crippen molar-refractivity contribution in [3.05, 3.63) is 22.5 Å². The van der Waals surface area contributed by atoms with Crippen molar-refractivity contribution in [3.8, 4) is 0 Å². The van der Waals surface area contributed by atoms with Gasteiger partial charge in [-0.25, -0.2) is 19.2 Å². The first-order chi connectivity index (χ1) is 16.9. The first-order valence-electron chi connectivity index (χ1n) is 12.5. The number of pyridine rings is 1. The molecule has 3 atom stereocenters. The van der Waals surface area contributed by atoms with Crippen molar-refractivity contribution in [1.82, 2.24) is 19.9 Å². The van der Waals surface area contributed by atoms with Gasteiger partial charge in [-0.2, -0.15) is 4.98 Å². The molecule has 2 aromatic heterocycles. The molecule has 0 radical (unpaired) electrons. The lowest BCUT2D eigenvalue weighted by atomic mass is 10.1. The third kappa shape index (κ3) is 5.14. The van der Waals surface area contributed by atoms with Crippen LogP contribution < -0.4 is 4.90 Å². The summed E-state index contributed by atoms with van der Waals surface area (Å²) in [4.78, 5) is 29.6. The van der Waals surface area contributed by atoms with Gasteiger partial charge in [0.05, 0.1) is 23.6 Å². The van der Waals surface area contributed by atoms with Crippen LogP contribution in [0.5, 0.6) is 0 Å². The van der Waals surface area contributed by atoms with Gasteiger partial charge < -0.3 is 14.1 Å². The molecule has 0 N–H and O–H groups in total. The molecule has 36 heavy (non-hydrogen) atoms. The van der Waals surface area contributed by atoms with Crippen LogP contribution in [0.15, 0.2) is 6.20 Å². The van der Waals surface area contributed by atoms with Crippen molar-refractivity contribution in [2.75, 3.05) is 18.0 Å². The SMILES string of the molecule is CC[Si](CC)(CC)O[C@H]1C[C@H]2CN(c3nc(Cl)nc4c(F)c(Cl)ncc34)C[C@@H]1N2C(=O)OC(C)(C)C.